The normalized spacial score (nSPS) is 21.5. The molecule has 0 aromatic heterocycles. The second kappa shape index (κ2) is 6.75. The van der Waals surface area contributed by atoms with Gasteiger partial charge < -0.3 is 20.5 Å². The molecule has 0 saturated carbocycles. The summed E-state index contributed by atoms with van der Waals surface area (Å²) in [5.41, 5.74) is -0.581. The fourth-order valence-electron chi connectivity index (χ4n) is 2.20. The van der Waals surface area contributed by atoms with Crippen LogP contribution in [0.3, 0.4) is 0 Å². The van der Waals surface area contributed by atoms with Crippen molar-refractivity contribution in [1.82, 2.24) is 10.6 Å². The lowest BCUT2D eigenvalue weighted by Crippen LogP contribution is -2.48. The molecule has 1 rings (SSSR count). The van der Waals surface area contributed by atoms with Gasteiger partial charge in [0.05, 0.1) is 6.42 Å². The number of piperidine rings is 1. The zero-order valence-electron chi connectivity index (χ0n) is 11.9. The van der Waals surface area contributed by atoms with Crippen LogP contribution >= 0.6 is 0 Å². The predicted molar refractivity (Wildman–Crippen MR) is 71.0 cm³/mol. The molecule has 3 N–H and O–H groups in total. The van der Waals surface area contributed by atoms with Crippen LogP contribution in [0.1, 0.15) is 40.0 Å². The molecule has 110 valence electrons. The monoisotopic (exact) mass is 272 g/mol. The van der Waals surface area contributed by atoms with Gasteiger partial charge in [0.15, 0.2) is 0 Å². The van der Waals surface area contributed by atoms with E-state index in [0.29, 0.717) is 0 Å². The zero-order chi connectivity index (χ0) is 14.5. The largest absolute Gasteiger partial charge is 0.481 e. The molecule has 0 aromatic rings. The van der Waals surface area contributed by atoms with Crippen LogP contribution in [0.5, 0.6) is 0 Å². The van der Waals surface area contributed by atoms with Gasteiger partial charge in [-0.2, -0.15) is 0 Å². The third-order valence-electron chi connectivity index (χ3n) is 3.00. The Morgan fingerprint density at radius 2 is 2.16 bits per heavy atom. The minimum absolute atomic E-state index is 0.0778. The number of carbonyl (C=O) groups is 2. The first-order valence-corrected chi connectivity index (χ1v) is 6.70. The van der Waals surface area contributed by atoms with Crippen molar-refractivity contribution in [3.63, 3.8) is 0 Å². The topological polar surface area (TPSA) is 87.7 Å². The van der Waals surface area contributed by atoms with E-state index in [1.807, 2.05) is 0 Å². The van der Waals surface area contributed by atoms with E-state index >= 15 is 0 Å². The third-order valence-corrected chi connectivity index (χ3v) is 3.00. The maximum Gasteiger partial charge on any atom is 0.407 e. The van der Waals surface area contributed by atoms with Gasteiger partial charge in [-0.15, -0.1) is 0 Å². The Labute approximate surface area is 113 Å². The molecule has 6 nitrogen and oxygen atoms in total. The number of carboxylic acids is 1. The molecule has 0 radical (unpaired) electrons. The molecule has 0 spiro atoms. The van der Waals surface area contributed by atoms with Gasteiger partial charge in [-0.3, -0.25) is 4.79 Å². The van der Waals surface area contributed by atoms with Crippen molar-refractivity contribution in [2.75, 3.05) is 13.1 Å². The number of alkyl carbamates (subject to hydrolysis) is 1. The number of carboxylic acid groups (broad SMARTS) is 1. The Morgan fingerprint density at radius 3 is 2.63 bits per heavy atom. The summed E-state index contributed by atoms with van der Waals surface area (Å²) in [6.07, 6.45) is 1.28. The average Bonchev–Trinajstić information content (AvgIpc) is 2.26. The molecule has 2 atom stereocenters. The standard InChI is InChI=1S/C13H24N2O4/c1-13(2,3)19-12(18)15-10(7-11(16)17)9-5-4-6-14-8-9/h9-10,14H,4-8H2,1-3H3,(H,15,18)(H,16,17)/t9-,10-/m0/s1. The lowest BCUT2D eigenvalue weighted by atomic mass is 9.90. The van der Waals surface area contributed by atoms with E-state index in [1.165, 1.54) is 0 Å². The van der Waals surface area contributed by atoms with E-state index in [1.54, 1.807) is 20.8 Å². The van der Waals surface area contributed by atoms with Crippen LogP contribution in [0.4, 0.5) is 4.79 Å². The molecule has 1 aliphatic heterocycles. The summed E-state index contributed by atoms with van der Waals surface area (Å²) in [7, 11) is 0. The van der Waals surface area contributed by atoms with Crippen LogP contribution < -0.4 is 10.6 Å². The Bertz CT molecular complexity index is 319. The van der Waals surface area contributed by atoms with E-state index in [9.17, 15) is 9.59 Å². The fourth-order valence-corrected chi connectivity index (χ4v) is 2.20. The summed E-state index contributed by atoms with van der Waals surface area (Å²) < 4.78 is 5.18. The number of amides is 1. The van der Waals surface area contributed by atoms with Gasteiger partial charge >= 0.3 is 12.1 Å². The van der Waals surface area contributed by atoms with Gasteiger partial charge in [-0.25, -0.2) is 4.79 Å². The number of hydrogen-bond acceptors (Lipinski definition) is 4. The maximum absolute atomic E-state index is 11.7. The molecule has 0 bridgehead atoms. The SMILES string of the molecule is CC(C)(C)OC(=O)N[C@@H](CC(=O)O)[C@H]1CCCNC1. The second-order valence-corrected chi connectivity index (χ2v) is 5.96. The van der Waals surface area contributed by atoms with Crippen molar-refractivity contribution < 1.29 is 19.4 Å². The van der Waals surface area contributed by atoms with E-state index in [-0.39, 0.29) is 18.4 Å². The number of rotatable bonds is 4. The minimum atomic E-state index is -0.911. The van der Waals surface area contributed by atoms with Crippen LogP contribution in [-0.4, -0.2) is 41.9 Å². The Morgan fingerprint density at radius 1 is 1.47 bits per heavy atom. The van der Waals surface area contributed by atoms with E-state index < -0.39 is 17.7 Å². The highest BCUT2D eigenvalue weighted by Crippen LogP contribution is 2.18. The molecule has 19 heavy (non-hydrogen) atoms. The Kier molecular flexibility index (Phi) is 5.60. The average molecular weight is 272 g/mol. The Balaban J connectivity index is 2.58. The molecular formula is C13H24N2O4. The quantitative estimate of drug-likeness (QED) is 0.719. The van der Waals surface area contributed by atoms with Crippen molar-refractivity contribution in [2.24, 2.45) is 5.92 Å². The molecule has 0 aliphatic carbocycles. The van der Waals surface area contributed by atoms with E-state index in [4.69, 9.17) is 9.84 Å². The van der Waals surface area contributed by atoms with Crippen molar-refractivity contribution in [3.8, 4) is 0 Å². The number of carbonyl (C=O) groups excluding carboxylic acids is 1. The van der Waals surface area contributed by atoms with Gasteiger partial charge in [0.25, 0.3) is 0 Å². The van der Waals surface area contributed by atoms with Crippen LogP contribution in [0, 0.1) is 5.92 Å². The first kappa shape index (κ1) is 15.8. The van der Waals surface area contributed by atoms with Crippen molar-refractivity contribution >= 4 is 12.1 Å². The van der Waals surface area contributed by atoms with Gasteiger partial charge in [-0.05, 0) is 52.6 Å². The van der Waals surface area contributed by atoms with Crippen molar-refractivity contribution in [3.05, 3.63) is 0 Å². The molecule has 1 fully saturated rings. The molecule has 1 saturated heterocycles. The lowest BCUT2D eigenvalue weighted by Gasteiger charge is -2.31. The maximum atomic E-state index is 11.7. The highest BCUT2D eigenvalue weighted by Gasteiger charge is 2.28. The summed E-state index contributed by atoms with van der Waals surface area (Å²) >= 11 is 0. The molecule has 0 aromatic carbocycles. The highest BCUT2D eigenvalue weighted by atomic mass is 16.6. The van der Waals surface area contributed by atoms with Crippen LogP contribution in [0.2, 0.25) is 0 Å². The zero-order valence-corrected chi connectivity index (χ0v) is 11.9. The minimum Gasteiger partial charge on any atom is -0.481 e. The molecule has 1 amide bonds. The summed E-state index contributed by atoms with van der Waals surface area (Å²) in [6.45, 7) is 7.01. The third kappa shape index (κ3) is 6.42. The van der Waals surface area contributed by atoms with E-state index in [0.717, 1.165) is 25.9 Å². The van der Waals surface area contributed by atoms with Gasteiger partial charge in [0.1, 0.15) is 5.60 Å². The molecular weight excluding hydrogens is 248 g/mol. The predicted octanol–water partition coefficient (Wildman–Crippen LogP) is 1.35. The number of aliphatic carboxylic acids is 1. The molecule has 0 unspecified atom stereocenters. The summed E-state index contributed by atoms with van der Waals surface area (Å²) in [5.74, 6) is -0.774. The molecule has 1 heterocycles. The summed E-state index contributed by atoms with van der Waals surface area (Å²) in [6, 6.07) is -0.389. The van der Waals surface area contributed by atoms with Crippen molar-refractivity contribution in [1.29, 1.82) is 0 Å². The van der Waals surface area contributed by atoms with Gasteiger partial charge in [0, 0.05) is 6.04 Å². The number of ether oxygens (including phenoxy) is 1. The summed E-state index contributed by atoms with van der Waals surface area (Å²) in [5, 5.41) is 14.9. The van der Waals surface area contributed by atoms with Crippen LogP contribution in [0.25, 0.3) is 0 Å². The van der Waals surface area contributed by atoms with Gasteiger partial charge in [-0.1, -0.05) is 0 Å². The van der Waals surface area contributed by atoms with Gasteiger partial charge in [0.2, 0.25) is 0 Å². The smallest absolute Gasteiger partial charge is 0.407 e. The lowest BCUT2D eigenvalue weighted by molar-refractivity contribution is -0.137. The second-order valence-electron chi connectivity index (χ2n) is 5.96. The van der Waals surface area contributed by atoms with E-state index in [2.05, 4.69) is 10.6 Å². The first-order valence-electron chi connectivity index (χ1n) is 6.70. The number of nitrogens with one attached hydrogen (secondary N) is 2. The van der Waals surface area contributed by atoms with Crippen LogP contribution in [0.15, 0.2) is 0 Å². The highest BCUT2D eigenvalue weighted by molar-refractivity contribution is 5.71. The first-order chi connectivity index (χ1) is 8.78. The summed E-state index contributed by atoms with van der Waals surface area (Å²) in [4.78, 5) is 22.7. The van der Waals surface area contributed by atoms with Crippen molar-refractivity contribution in [2.45, 2.75) is 51.7 Å². The fraction of sp³-hybridized carbons (Fsp3) is 0.846. The number of hydrogen-bond donors (Lipinski definition) is 3. The molecule has 1 aliphatic rings. The van der Waals surface area contributed by atoms with Crippen LogP contribution in [-0.2, 0) is 9.53 Å². The Hall–Kier alpha value is -1.30. The molecule has 6 heteroatoms.